The Balaban J connectivity index is 1.91. The van der Waals surface area contributed by atoms with E-state index in [1.807, 2.05) is 0 Å². The molecule has 3 aromatic rings. The molecule has 158 valence electrons. The highest BCUT2D eigenvalue weighted by Crippen LogP contribution is 2.43. The molecule has 7 nitrogen and oxygen atoms in total. The summed E-state index contributed by atoms with van der Waals surface area (Å²) >= 11 is 1.21. The topological polar surface area (TPSA) is 100.0 Å². The van der Waals surface area contributed by atoms with Crippen molar-refractivity contribution in [2.45, 2.75) is 19.9 Å². The van der Waals surface area contributed by atoms with Crippen LogP contribution in [0.4, 0.5) is 5.69 Å². The number of aliphatic hydroxyl groups excluding tert-OH is 1. The molecule has 0 spiro atoms. The maximum atomic E-state index is 13.5. The number of methoxy groups -OCH3 is 1. The Morgan fingerprint density at radius 2 is 1.87 bits per heavy atom. The summed E-state index contributed by atoms with van der Waals surface area (Å²) in [5.41, 5.74) is 1.42. The molecular formula is C23H20N2O5S. The number of anilines is 1. The normalized spacial score (nSPS) is 16.2. The third-order valence-corrected chi connectivity index (χ3v) is 6.15. The summed E-state index contributed by atoms with van der Waals surface area (Å²) in [6.07, 6.45) is 0. The SMILES string of the molecule is COc1cccc(N2C(=O)C(O)=C(C(=O)c3sc(C)nc3C)C2c2cccc(O)c2)c1. The Morgan fingerprint density at radius 1 is 1.13 bits per heavy atom. The van der Waals surface area contributed by atoms with E-state index in [0.717, 1.165) is 0 Å². The highest BCUT2D eigenvalue weighted by Gasteiger charge is 2.45. The number of carbonyl (C=O) groups is 2. The average Bonchev–Trinajstić information content (AvgIpc) is 3.23. The lowest BCUT2D eigenvalue weighted by atomic mass is 9.94. The standard InChI is InChI=1S/C23H20N2O5S/c1-12-22(31-13(2)24-12)20(27)18-19(14-6-4-8-16(26)10-14)25(23(29)21(18)28)15-7-5-9-17(11-15)30-3/h4-11,19,26,28H,1-3H3. The second kappa shape index (κ2) is 7.88. The van der Waals surface area contributed by atoms with Crippen LogP contribution in [-0.4, -0.2) is 34.0 Å². The van der Waals surface area contributed by atoms with Crippen LogP contribution in [0, 0.1) is 13.8 Å². The van der Waals surface area contributed by atoms with Gasteiger partial charge < -0.3 is 14.9 Å². The zero-order valence-electron chi connectivity index (χ0n) is 17.1. The lowest BCUT2D eigenvalue weighted by molar-refractivity contribution is -0.117. The van der Waals surface area contributed by atoms with Crippen LogP contribution >= 0.6 is 11.3 Å². The number of phenolic OH excluding ortho intramolecular Hbond substituents is 1. The van der Waals surface area contributed by atoms with Crippen LogP contribution in [-0.2, 0) is 4.79 Å². The molecule has 0 fully saturated rings. The van der Waals surface area contributed by atoms with Gasteiger partial charge in [0.1, 0.15) is 11.5 Å². The van der Waals surface area contributed by atoms with E-state index in [-0.39, 0.29) is 11.3 Å². The van der Waals surface area contributed by atoms with Crippen LogP contribution in [0.5, 0.6) is 11.5 Å². The first kappa shape index (κ1) is 20.6. The number of aliphatic hydroxyl groups is 1. The fourth-order valence-corrected chi connectivity index (χ4v) is 4.61. The van der Waals surface area contributed by atoms with Crippen LogP contribution < -0.4 is 9.64 Å². The van der Waals surface area contributed by atoms with Gasteiger partial charge in [0, 0.05) is 11.8 Å². The lowest BCUT2D eigenvalue weighted by Crippen LogP contribution is -2.31. The third-order valence-electron chi connectivity index (χ3n) is 5.08. The van der Waals surface area contributed by atoms with E-state index < -0.39 is 23.5 Å². The van der Waals surface area contributed by atoms with Crippen LogP contribution in [0.3, 0.4) is 0 Å². The second-order valence-electron chi connectivity index (χ2n) is 7.11. The minimum Gasteiger partial charge on any atom is -0.508 e. The van der Waals surface area contributed by atoms with E-state index in [0.29, 0.717) is 32.6 Å². The van der Waals surface area contributed by atoms with Gasteiger partial charge in [-0.3, -0.25) is 14.5 Å². The van der Waals surface area contributed by atoms with E-state index in [4.69, 9.17) is 4.74 Å². The fraction of sp³-hybridized carbons (Fsp3) is 0.174. The summed E-state index contributed by atoms with van der Waals surface area (Å²) in [4.78, 5) is 32.7. The Kier molecular flexibility index (Phi) is 5.24. The highest BCUT2D eigenvalue weighted by atomic mass is 32.1. The number of Topliss-reactive ketones (excluding diaryl/α,β-unsaturated/α-hetero) is 1. The molecule has 1 atom stereocenters. The van der Waals surface area contributed by atoms with Crippen LogP contribution in [0.25, 0.3) is 0 Å². The Hall–Kier alpha value is -3.65. The van der Waals surface area contributed by atoms with Gasteiger partial charge in [0.15, 0.2) is 5.76 Å². The van der Waals surface area contributed by atoms with Gasteiger partial charge in [-0.05, 0) is 43.7 Å². The molecule has 2 aromatic carbocycles. The molecule has 8 heteroatoms. The molecule has 0 radical (unpaired) electrons. The van der Waals surface area contributed by atoms with Gasteiger partial charge >= 0.3 is 0 Å². The first-order valence-corrected chi connectivity index (χ1v) is 10.3. The molecule has 1 amide bonds. The molecule has 0 bridgehead atoms. The van der Waals surface area contributed by atoms with E-state index in [1.54, 1.807) is 50.2 Å². The van der Waals surface area contributed by atoms with Crippen molar-refractivity contribution in [3.63, 3.8) is 0 Å². The van der Waals surface area contributed by atoms with Crippen LogP contribution in [0.1, 0.15) is 32.0 Å². The average molecular weight is 436 g/mol. The van der Waals surface area contributed by atoms with Crippen molar-refractivity contribution in [2.75, 3.05) is 12.0 Å². The van der Waals surface area contributed by atoms with Gasteiger partial charge in [0.05, 0.1) is 34.3 Å². The first-order chi connectivity index (χ1) is 14.8. The van der Waals surface area contributed by atoms with E-state index in [2.05, 4.69) is 4.98 Å². The molecule has 1 aromatic heterocycles. The van der Waals surface area contributed by atoms with Crippen LogP contribution in [0.15, 0.2) is 59.9 Å². The number of ether oxygens (including phenoxy) is 1. The first-order valence-electron chi connectivity index (χ1n) is 9.50. The third kappa shape index (κ3) is 3.55. The highest BCUT2D eigenvalue weighted by molar-refractivity contribution is 7.14. The predicted molar refractivity (Wildman–Crippen MR) is 117 cm³/mol. The van der Waals surface area contributed by atoms with Gasteiger partial charge in [0.2, 0.25) is 5.78 Å². The van der Waals surface area contributed by atoms with Crippen molar-refractivity contribution in [1.82, 2.24) is 4.98 Å². The number of aryl methyl sites for hydroxylation is 2. The van der Waals surface area contributed by atoms with Gasteiger partial charge in [-0.2, -0.15) is 0 Å². The Morgan fingerprint density at radius 3 is 2.52 bits per heavy atom. The van der Waals surface area contributed by atoms with Gasteiger partial charge in [0.25, 0.3) is 5.91 Å². The number of aromatic nitrogens is 1. The number of benzene rings is 2. The largest absolute Gasteiger partial charge is 0.508 e. The summed E-state index contributed by atoms with van der Waals surface area (Å²) in [5, 5.41) is 21.6. The van der Waals surface area contributed by atoms with Crippen molar-refractivity contribution >= 4 is 28.7 Å². The number of carbonyl (C=O) groups excluding carboxylic acids is 2. The molecule has 4 rings (SSSR count). The maximum Gasteiger partial charge on any atom is 0.294 e. The van der Waals surface area contributed by atoms with Crippen LogP contribution in [0.2, 0.25) is 0 Å². The van der Waals surface area contributed by atoms with Crippen molar-refractivity contribution in [2.24, 2.45) is 0 Å². The Labute approximate surface area is 182 Å². The maximum absolute atomic E-state index is 13.5. The number of rotatable bonds is 5. The monoisotopic (exact) mass is 436 g/mol. The number of thiazole rings is 1. The molecule has 31 heavy (non-hydrogen) atoms. The van der Waals surface area contributed by atoms with E-state index in [1.165, 1.54) is 35.5 Å². The summed E-state index contributed by atoms with van der Waals surface area (Å²) in [7, 11) is 1.51. The fourth-order valence-electron chi connectivity index (χ4n) is 3.74. The summed E-state index contributed by atoms with van der Waals surface area (Å²) in [6.45, 7) is 3.51. The Bertz CT molecular complexity index is 1230. The molecular weight excluding hydrogens is 416 g/mol. The van der Waals surface area contributed by atoms with Gasteiger partial charge in [-0.1, -0.05) is 18.2 Å². The minimum absolute atomic E-state index is 0.0152. The number of hydrogen-bond donors (Lipinski definition) is 2. The molecule has 0 saturated heterocycles. The molecule has 0 saturated carbocycles. The zero-order valence-corrected chi connectivity index (χ0v) is 17.9. The molecule has 1 aliphatic rings. The van der Waals surface area contributed by atoms with Gasteiger partial charge in [-0.25, -0.2) is 4.98 Å². The van der Waals surface area contributed by atoms with Crippen molar-refractivity contribution < 1.29 is 24.5 Å². The van der Waals surface area contributed by atoms with E-state index in [9.17, 15) is 19.8 Å². The van der Waals surface area contributed by atoms with Gasteiger partial charge in [-0.15, -0.1) is 11.3 Å². The predicted octanol–water partition coefficient (Wildman–Crippen LogP) is 4.26. The molecule has 2 heterocycles. The van der Waals surface area contributed by atoms with Crippen molar-refractivity contribution in [3.05, 3.63) is 81.0 Å². The molecule has 1 aliphatic heterocycles. The van der Waals surface area contributed by atoms with E-state index >= 15 is 0 Å². The number of phenols is 1. The number of ketones is 1. The zero-order chi connectivity index (χ0) is 22.3. The second-order valence-corrected chi connectivity index (χ2v) is 8.32. The molecule has 1 unspecified atom stereocenters. The van der Waals surface area contributed by atoms with Crippen molar-refractivity contribution in [1.29, 1.82) is 0 Å². The quantitative estimate of drug-likeness (QED) is 0.580. The minimum atomic E-state index is -0.930. The summed E-state index contributed by atoms with van der Waals surface area (Å²) in [5.74, 6) is -1.28. The molecule has 2 N–H and O–H groups in total. The summed E-state index contributed by atoms with van der Waals surface area (Å²) < 4.78 is 5.27. The molecule has 0 aliphatic carbocycles. The smallest absolute Gasteiger partial charge is 0.294 e. The lowest BCUT2D eigenvalue weighted by Gasteiger charge is -2.27. The van der Waals surface area contributed by atoms with Crippen molar-refractivity contribution in [3.8, 4) is 11.5 Å². The number of amides is 1. The summed E-state index contributed by atoms with van der Waals surface area (Å²) in [6, 6.07) is 12.2. The number of hydrogen-bond acceptors (Lipinski definition) is 7. The number of nitrogens with zero attached hydrogens (tertiary/aromatic N) is 2. The number of aromatic hydroxyl groups is 1.